The zero-order valence-electron chi connectivity index (χ0n) is 22.5. The van der Waals surface area contributed by atoms with Crippen LogP contribution in [-0.2, 0) is 5.75 Å². The maximum atomic E-state index is 13.3. The van der Waals surface area contributed by atoms with Gasteiger partial charge in [-0.05, 0) is 48.9 Å². The van der Waals surface area contributed by atoms with Gasteiger partial charge in [0.2, 0.25) is 5.82 Å². The quantitative estimate of drug-likeness (QED) is 0.193. The van der Waals surface area contributed by atoms with Crippen LogP contribution in [0.5, 0.6) is 5.75 Å². The molecule has 1 fully saturated rings. The standard InChI is InChI=1S/C29H27ClN6O3S2/c1-19-9-10-20(30)16-23(19)36-27(25-8-5-15-39-25)32-33-29(36)41-18-26-31-21(17-40-26)28(37)35-13-11-34(12-14-35)22-6-3-4-7-24(22)38-2/h3-10,15-17H,11-14,18H2,1-2H3. The number of hydrogen-bond donors (Lipinski definition) is 0. The molecule has 0 atom stereocenters. The van der Waals surface area contributed by atoms with Gasteiger partial charge in [0, 0.05) is 36.6 Å². The molecule has 3 aromatic heterocycles. The van der Waals surface area contributed by atoms with E-state index in [1.807, 2.05) is 76.4 Å². The average molecular weight is 607 g/mol. The number of amides is 1. The number of para-hydroxylation sites is 2. The number of benzene rings is 2. The number of thioether (sulfide) groups is 1. The Bertz CT molecular complexity index is 1660. The van der Waals surface area contributed by atoms with E-state index in [-0.39, 0.29) is 5.91 Å². The van der Waals surface area contributed by atoms with Crippen molar-refractivity contribution in [2.45, 2.75) is 17.8 Å². The summed E-state index contributed by atoms with van der Waals surface area (Å²) in [6.07, 6.45) is 1.61. The Balaban J connectivity index is 1.14. The van der Waals surface area contributed by atoms with Gasteiger partial charge in [-0.15, -0.1) is 21.5 Å². The minimum Gasteiger partial charge on any atom is -0.495 e. The molecular weight excluding hydrogens is 580 g/mol. The number of piperazine rings is 1. The van der Waals surface area contributed by atoms with E-state index in [0.717, 1.165) is 40.8 Å². The van der Waals surface area contributed by atoms with Crippen LogP contribution in [0.3, 0.4) is 0 Å². The van der Waals surface area contributed by atoms with Gasteiger partial charge in [-0.25, -0.2) is 4.98 Å². The third kappa shape index (κ3) is 5.70. The van der Waals surface area contributed by atoms with Crippen molar-refractivity contribution in [2.75, 3.05) is 38.2 Å². The van der Waals surface area contributed by atoms with Gasteiger partial charge in [0.25, 0.3) is 5.91 Å². The molecule has 1 aliphatic rings. The van der Waals surface area contributed by atoms with Gasteiger partial charge in [-0.2, -0.15) is 0 Å². The first-order valence-corrected chi connectivity index (χ1v) is 15.3. The van der Waals surface area contributed by atoms with Crippen molar-refractivity contribution in [3.8, 4) is 23.0 Å². The lowest BCUT2D eigenvalue weighted by Gasteiger charge is -2.36. The first-order chi connectivity index (χ1) is 20.0. The molecule has 0 saturated carbocycles. The Hall–Kier alpha value is -3.80. The number of hydrogen-bond acceptors (Lipinski definition) is 9. The lowest BCUT2D eigenvalue weighted by molar-refractivity contribution is 0.0741. The monoisotopic (exact) mass is 606 g/mol. The molecule has 1 aliphatic heterocycles. The fourth-order valence-corrected chi connectivity index (χ4v) is 6.67. The Morgan fingerprint density at radius 2 is 1.90 bits per heavy atom. The Morgan fingerprint density at radius 3 is 2.68 bits per heavy atom. The molecule has 9 nitrogen and oxygen atoms in total. The van der Waals surface area contributed by atoms with Crippen LogP contribution in [0.1, 0.15) is 21.1 Å². The van der Waals surface area contributed by atoms with Gasteiger partial charge < -0.3 is 19.0 Å². The number of halogens is 1. The van der Waals surface area contributed by atoms with Gasteiger partial charge in [0.05, 0.1) is 30.5 Å². The molecule has 1 amide bonds. The largest absolute Gasteiger partial charge is 0.495 e. The first kappa shape index (κ1) is 27.4. The normalized spacial score (nSPS) is 13.5. The molecule has 5 aromatic rings. The lowest BCUT2D eigenvalue weighted by atomic mass is 10.2. The van der Waals surface area contributed by atoms with E-state index in [2.05, 4.69) is 20.1 Å². The van der Waals surface area contributed by atoms with Crippen molar-refractivity contribution in [3.05, 3.63) is 87.5 Å². The van der Waals surface area contributed by atoms with Crippen molar-refractivity contribution < 1.29 is 13.9 Å². The van der Waals surface area contributed by atoms with E-state index in [1.165, 1.54) is 23.1 Å². The van der Waals surface area contributed by atoms with Crippen molar-refractivity contribution >= 4 is 46.3 Å². The number of nitrogens with zero attached hydrogens (tertiary/aromatic N) is 6. The zero-order chi connectivity index (χ0) is 28.3. The van der Waals surface area contributed by atoms with Gasteiger partial charge in [0.15, 0.2) is 10.9 Å². The average Bonchev–Trinajstić information content (AvgIpc) is 3.78. The van der Waals surface area contributed by atoms with Gasteiger partial charge in [-0.3, -0.25) is 9.36 Å². The van der Waals surface area contributed by atoms with Crippen LogP contribution in [0.15, 0.2) is 75.8 Å². The zero-order valence-corrected chi connectivity index (χ0v) is 24.9. The molecule has 41 heavy (non-hydrogen) atoms. The number of furan rings is 1. The summed E-state index contributed by atoms with van der Waals surface area (Å²) in [6, 6.07) is 17.3. The predicted molar refractivity (Wildman–Crippen MR) is 162 cm³/mol. The smallest absolute Gasteiger partial charge is 0.273 e. The van der Waals surface area contributed by atoms with Crippen molar-refractivity contribution in [2.24, 2.45) is 0 Å². The van der Waals surface area contributed by atoms with Crippen LogP contribution in [0.4, 0.5) is 5.69 Å². The van der Waals surface area contributed by atoms with Gasteiger partial charge in [0.1, 0.15) is 16.5 Å². The molecule has 0 bridgehead atoms. The summed E-state index contributed by atoms with van der Waals surface area (Å²) in [7, 11) is 1.68. The topological polar surface area (TPSA) is 89.5 Å². The predicted octanol–water partition coefficient (Wildman–Crippen LogP) is 6.21. The molecule has 0 aliphatic carbocycles. The fraction of sp³-hybridized carbons (Fsp3) is 0.241. The number of carbonyl (C=O) groups is 1. The van der Waals surface area contributed by atoms with Crippen LogP contribution < -0.4 is 9.64 Å². The van der Waals surface area contributed by atoms with Crippen LogP contribution in [0.25, 0.3) is 17.3 Å². The molecule has 0 radical (unpaired) electrons. The summed E-state index contributed by atoms with van der Waals surface area (Å²) in [5.41, 5.74) is 3.42. The number of anilines is 1. The van der Waals surface area contributed by atoms with E-state index in [0.29, 0.717) is 46.3 Å². The highest BCUT2D eigenvalue weighted by molar-refractivity contribution is 7.98. The van der Waals surface area contributed by atoms with Crippen molar-refractivity contribution in [1.82, 2.24) is 24.6 Å². The van der Waals surface area contributed by atoms with E-state index in [1.54, 1.807) is 13.4 Å². The Labute approximate surface area is 250 Å². The number of thiazole rings is 1. The van der Waals surface area contributed by atoms with Gasteiger partial charge >= 0.3 is 0 Å². The number of carbonyl (C=O) groups excluding carboxylic acids is 1. The summed E-state index contributed by atoms with van der Waals surface area (Å²) in [4.78, 5) is 22.1. The Kier molecular flexibility index (Phi) is 8.00. The van der Waals surface area contributed by atoms with Crippen molar-refractivity contribution in [3.63, 3.8) is 0 Å². The summed E-state index contributed by atoms with van der Waals surface area (Å²) in [5, 5.41) is 12.8. The first-order valence-electron chi connectivity index (χ1n) is 13.0. The molecule has 12 heteroatoms. The molecule has 4 heterocycles. The number of methoxy groups -OCH3 is 1. The molecule has 2 aromatic carbocycles. The maximum absolute atomic E-state index is 13.3. The minimum atomic E-state index is -0.0463. The fourth-order valence-electron chi connectivity index (χ4n) is 4.77. The molecule has 0 spiro atoms. The second kappa shape index (κ2) is 12.0. The molecule has 0 unspecified atom stereocenters. The molecule has 0 N–H and O–H groups in total. The highest BCUT2D eigenvalue weighted by atomic mass is 35.5. The summed E-state index contributed by atoms with van der Waals surface area (Å²) >= 11 is 9.32. The van der Waals surface area contributed by atoms with Gasteiger partial charge in [-0.1, -0.05) is 41.6 Å². The number of ether oxygens (including phenoxy) is 1. The third-order valence-electron chi connectivity index (χ3n) is 6.88. The van der Waals surface area contributed by atoms with Crippen LogP contribution >= 0.6 is 34.7 Å². The van der Waals surface area contributed by atoms with Crippen LogP contribution in [-0.4, -0.2) is 63.8 Å². The molecular formula is C29H27ClN6O3S2. The molecule has 6 rings (SSSR count). The van der Waals surface area contributed by atoms with E-state index < -0.39 is 0 Å². The summed E-state index contributed by atoms with van der Waals surface area (Å²) in [6.45, 7) is 4.72. The van der Waals surface area contributed by atoms with Crippen LogP contribution in [0, 0.1) is 6.92 Å². The van der Waals surface area contributed by atoms with E-state index in [9.17, 15) is 4.79 Å². The van der Waals surface area contributed by atoms with E-state index in [4.69, 9.17) is 20.8 Å². The highest BCUT2D eigenvalue weighted by Crippen LogP contribution is 2.33. The maximum Gasteiger partial charge on any atom is 0.273 e. The summed E-state index contributed by atoms with van der Waals surface area (Å²) < 4.78 is 13.1. The number of rotatable bonds is 8. The second-order valence-electron chi connectivity index (χ2n) is 9.42. The second-order valence-corrected chi connectivity index (χ2v) is 11.7. The lowest BCUT2D eigenvalue weighted by Crippen LogP contribution is -2.49. The molecule has 1 saturated heterocycles. The number of aryl methyl sites for hydroxylation is 1. The molecule has 210 valence electrons. The number of aromatic nitrogens is 4. The highest BCUT2D eigenvalue weighted by Gasteiger charge is 2.26. The summed E-state index contributed by atoms with van der Waals surface area (Å²) in [5.74, 6) is 2.53. The van der Waals surface area contributed by atoms with E-state index >= 15 is 0 Å². The minimum absolute atomic E-state index is 0.0463. The van der Waals surface area contributed by atoms with Crippen LogP contribution in [0.2, 0.25) is 5.02 Å². The third-order valence-corrected chi connectivity index (χ3v) is 9.08. The van der Waals surface area contributed by atoms with Crippen molar-refractivity contribution in [1.29, 1.82) is 0 Å². The Morgan fingerprint density at radius 1 is 1.07 bits per heavy atom. The SMILES string of the molecule is COc1ccccc1N1CCN(C(=O)c2csc(CSc3nnc(-c4ccco4)n3-c3cc(Cl)ccc3C)n2)CC1.